The van der Waals surface area contributed by atoms with Crippen LogP contribution in [-0.2, 0) is 9.57 Å². The number of alkyl halides is 5. The zero-order chi connectivity index (χ0) is 24.7. The van der Waals surface area contributed by atoms with Gasteiger partial charge < -0.3 is 4.74 Å². The Balaban J connectivity index is 0.000000159. The molecule has 1 saturated heterocycles. The fraction of sp³-hybridized carbons (Fsp3) is 0.273. The van der Waals surface area contributed by atoms with E-state index >= 15 is 0 Å². The predicted octanol–water partition coefficient (Wildman–Crippen LogP) is 7.75. The maximum atomic E-state index is 13.0. The van der Waals surface area contributed by atoms with Crippen molar-refractivity contribution < 1.29 is 22.3 Å². The van der Waals surface area contributed by atoms with Crippen LogP contribution < -0.4 is 0 Å². The minimum Gasteiger partial charge on any atom is -0.381 e. The second-order valence-corrected chi connectivity index (χ2v) is 8.57. The summed E-state index contributed by atoms with van der Waals surface area (Å²) in [4.78, 5) is 11.9. The first-order valence-corrected chi connectivity index (χ1v) is 11.5. The molecule has 5 rings (SSSR count). The summed E-state index contributed by atoms with van der Waals surface area (Å²) in [7, 11) is 0. The summed E-state index contributed by atoms with van der Waals surface area (Å²) in [5.74, 6) is 0. The van der Waals surface area contributed by atoms with E-state index < -0.39 is 22.6 Å². The second-order valence-electron chi connectivity index (χ2n) is 6.86. The molecule has 34 heavy (non-hydrogen) atoms. The topological polar surface area (TPSA) is 60.8 Å². The smallest absolute Gasteiger partial charge is 0.346 e. The molecule has 0 spiro atoms. The van der Waals surface area contributed by atoms with Gasteiger partial charge in [-0.1, -0.05) is 47.5 Å². The van der Waals surface area contributed by atoms with Gasteiger partial charge in [-0.2, -0.15) is 8.78 Å². The lowest BCUT2D eigenvalue weighted by molar-refractivity contribution is 0.109. The minimum absolute atomic E-state index is 0.237. The number of rotatable bonds is 2. The van der Waals surface area contributed by atoms with Crippen molar-refractivity contribution in [3.63, 3.8) is 0 Å². The molecule has 180 valence electrons. The van der Waals surface area contributed by atoms with Crippen LogP contribution in [-0.4, -0.2) is 33.1 Å². The molecule has 0 aliphatic carbocycles. The zero-order valence-electron chi connectivity index (χ0n) is 17.4. The van der Waals surface area contributed by atoms with Crippen LogP contribution in [0.3, 0.4) is 0 Å². The minimum atomic E-state index is -3.26. The molecule has 4 aromatic rings. The Morgan fingerprint density at radius 3 is 1.62 bits per heavy atom. The SMILES string of the molecule is C1CCOC1.FC(F)(Br)c1nc2ccccc2nc1Cl.FC(F)c1nc2ccccc2nc1Cl. The second kappa shape index (κ2) is 12.0. The monoisotopic (exact) mass is 578 g/mol. The lowest BCUT2D eigenvalue weighted by atomic mass is 10.3. The first kappa shape index (κ1) is 26.5. The summed E-state index contributed by atoms with van der Waals surface area (Å²) in [6.45, 7) is 2.00. The number of hydrogen-bond donors (Lipinski definition) is 0. The van der Waals surface area contributed by atoms with E-state index in [0.29, 0.717) is 22.1 Å². The predicted molar refractivity (Wildman–Crippen MR) is 127 cm³/mol. The highest BCUT2D eigenvalue weighted by Crippen LogP contribution is 2.37. The zero-order valence-corrected chi connectivity index (χ0v) is 20.5. The van der Waals surface area contributed by atoms with Crippen LogP contribution >= 0.6 is 39.1 Å². The third kappa shape index (κ3) is 7.18. The number of halogens is 7. The molecule has 0 unspecified atom stereocenters. The van der Waals surface area contributed by atoms with E-state index in [1.54, 1.807) is 48.5 Å². The van der Waals surface area contributed by atoms with Crippen molar-refractivity contribution in [2.75, 3.05) is 13.2 Å². The number of benzene rings is 2. The quantitative estimate of drug-likeness (QED) is 0.179. The molecule has 1 fully saturated rings. The van der Waals surface area contributed by atoms with Gasteiger partial charge in [-0.05, 0) is 53.0 Å². The van der Waals surface area contributed by atoms with Crippen molar-refractivity contribution in [2.45, 2.75) is 24.1 Å². The van der Waals surface area contributed by atoms with Crippen LogP contribution in [0.5, 0.6) is 0 Å². The van der Waals surface area contributed by atoms with Crippen LogP contribution in [0.1, 0.15) is 30.7 Å². The van der Waals surface area contributed by atoms with Crippen molar-refractivity contribution in [2.24, 2.45) is 0 Å². The number of fused-ring (bicyclic) bond motifs is 2. The Kier molecular flexibility index (Phi) is 9.35. The van der Waals surface area contributed by atoms with Crippen molar-refractivity contribution in [1.82, 2.24) is 19.9 Å². The highest BCUT2D eigenvalue weighted by atomic mass is 79.9. The summed E-state index contributed by atoms with van der Waals surface area (Å²) < 4.78 is 55.6. The third-order valence-corrected chi connectivity index (χ3v) is 5.30. The molecule has 2 aromatic carbocycles. The molecule has 1 aliphatic heterocycles. The van der Waals surface area contributed by atoms with Crippen molar-refractivity contribution >= 4 is 61.2 Å². The van der Waals surface area contributed by atoms with Gasteiger partial charge in [-0.15, -0.1) is 0 Å². The molecular formula is C22H17BrCl2F4N4O. The molecular weight excluding hydrogens is 563 g/mol. The average molecular weight is 580 g/mol. The first-order valence-electron chi connectivity index (χ1n) is 9.94. The Morgan fingerprint density at radius 2 is 1.21 bits per heavy atom. The van der Waals surface area contributed by atoms with Gasteiger partial charge in [-0.3, -0.25) is 0 Å². The molecule has 0 bridgehead atoms. The molecule has 1 aliphatic rings. The molecule has 0 N–H and O–H groups in total. The Bertz CT molecular complexity index is 1250. The molecule has 0 atom stereocenters. The number of para-hydroxylation sites is 4. The van der Waals surface area contributed by atoms with Crippen LogP contribution in [0.4, 0.5) is 17.6 Å². The standard InChI is InChI=1S/C9H4BrClF2N2.C9H5ClF2N2.C4H8O/c10-9(12,13)7-8(11)15-6-4-2-1-3-5(6)14-7;10-8-7(9(11)12)13-5-3-1-2-4-6(5)14-8;1-2-4-5-3-1/h1-4H;1-4,9H;1-4H2. The Morgan fingerprint density at radius 1 is 0.765 bits per heavy atom. The van der Waals surface area contributed by atoms with Gasteiger partial charge in [0, 0.05) is 13.2 Å². The van der Waals surface area contributed by atoms with Gasteiger partial charge in [0.15, 0.2) is 16.0 Å². The largest absolute Gasteiger partial charge is 0.381 e. The normalized spacial score (nSPS) is 13.4. The molecule has 0 amide bonds. The summed E-state index contributed by atoms with van der Waals surface area (Å²) in [6.07, 6.45) is -0.139. The third-order valence-electron chi connectivity index (χ3n) is 4.38. The summed E-state index contributed by atoms with van der Waals surface area (Å²) in [5, 5.41) is -0.533. The Hall–Kier alpha value is -2.14. The number of aromatic nitrogens is 4. The number of ether oxygens (including phenoxy) is 1. The fourth-order valence-corrected chi connectivity index (χ4v) is 3.66. The van der Waals surface area contributed by atoms with Gasteiger partial charge in [0.05, 0.1) is 22.1 Å². The molecule has 0 saturated carbocycles. The summed E-state index contributed by atoms with van der Waals surface area (Å²) in [6, 6.07) is 13.4. The van der Waals surface area contributed by atoms with Crippen molar-refractivity contribution in [3.8, 4) is 0 Å². The molecule has 0 radical (unpaired) electrons. The van der Waals surface area contributed by atoms with Gasteiger partial charge in [0.2, 0.25) is 0 Å². The van der Waals surface area contributed by atoms with E-state index in [1.807, 2.05) is 0 Å². The maximum Gasteiger partial charge on any atom is 0.346 e. The van der Waals surface area contributed by atoms with Crippen molar-refractivity contribution in [1.29, 1.82) is 0 Å². The van der Waals surface area contributed by atoms with Gasteiger partial charge in [0.1, 0.15) is 5.69 Å². The van der Waals surface area contributed by atoms with E-state index in [-0.39, 0.29) is 10.3 Å². The van der Waals surface area contributed by atoms with Crippen LogP contribution in [0.15, 0.2) is 48.5 Å². The lowest BCUT2D eigenvalue weighted by Crippen LogP contribution is -2.08. The highest BCUT2D eigenvalue weighted by Gasteiger charge is 2.33. The molecule has 2 aromatic heterocycles. The molecule has 5 nitrogen and oxygen atoms in total. The maximum absolute atomic E-state index is 13.0. The van der Waals surface area contributed by atoms with Crippen molar-refractivity contribution in [3.05, 3.63) is 70.2 Å². The van der Waals surface area contributed by atoms with Gasteiger partial charge in [-0.25, -0.2) is 28.7 Å². The van der Waals surface area contributed by atoms with E-state index in [2.05, 4.69) is 35.9 Å². The highest BCUT2D eigenvalue weighted by molar-refractivity contribution is 9.09. The van der Waals surface area contributed by atoms with E-state index in [0.717, 1.165) is 13.2 Å². The first-order chi connectivity index (χ1) is 16.2. The Labute approximate surface area is 210 Å². The lowest BCUT2D eigenvalue weighted by Gasteiger charge is -2.09. The van der Waals surface area contributed by atoms with E-state index in [9.17, 15) is 17.6 Å². The molecule has 3 heterocycles. The summed E-state index contributed by atoms with van der Waals surface area (Å²) in [5.41, 5.74) is 0.779. The fourth-order valence-electron chi connectivity index (χ4n) is 2.80. The molecule has 12 heteroatoms. The van der Waals surface area contributed by atoms with E-state index in [1.165, 1.54) is 12.8 Å². The number of nitrogens with zero attached hydrogens (tertiary/aromatic N) is 4. The summed E-state index contributed by atoms with van der Waals surface area (Å²) >= 11 is 13.4. The van der Waals surface area contributed by atoms with Gasteiger partial charge in [0.25, 0.3) is 6.43 Å². The van der Waals surface area contributed by atoms with Crippen LogP contribution in [0, 0.1) is 0 Å². The van der Waals surface area contributed by atoms with E-state index in [4.69, 9.17) is 27.9 Å². The van der Waals surface area contributed by atoms with Crippen LogP contribution in [0.25, 0.3) is 22.1 Å². The average Bonchev–Trinajstić information content (AvgIpc) is 3.38. The van der Waals surface area contributed by atoms with Crippen LogP contribution in [0.2, 0.25) is 10.3 Å². The van der Waals surface area contributed by atoms with Gasteiger partial charge >= 0.3 is 4.83 Å². The number of hydrogen-bond acceptors (Lipinski definition) is 5.